The molecule has 6 nitrogen and oxygen atoms in total. The molecule has 5 atom stereocenters. The molecule has 53 heavy (non-hydrogen) atoms. The van der Waals surface area contributed by atoms with Crippen LogP contribution in [0, 0.1) is 16.7 Å². The minimum absolute atomic E-state index is 0.100. The molecular weight excluding hydrogens is 693 g/mol. The standard InChI is InChI=1S/C45H76O6Si2/c1-31(2)53(32(3)4,33(5)6)50-29-44(15)38(47-27-35-21-19-18-20-22-35)25-26-45(30-48-43(13,14)51-45)40(44)39(46)36-24-23-34(7)37(42(36,11)12)28-49-52(16,17)41(8,9)10/h18-22,24-26,31-33,38-40,46H,23,27-30H2,1-17H3. The molecule has 2 aliphatic carbocycles. The van der Waals surface area contributed by atoms with Gasteiger partial charge in [0.1, 0.15) is 5.60 Å². The first-order chi connectivity index (χ1) is 24.3. The van der Waals surface area contributed by atoms with Crippen molar-refractivity contribution >= 4 is 16.6 Å². The molecule has 5 unspecified atom stereocenters. The number of aliphatic hydroxyl groups excluding tert-OH is 1. The van der Waals surface area contributed by atoms with Crippen molar-refractivity contribution in [2.75, 3.05) is 19.8 Å². The molecule has 0 aromatic heterocycles. The molecule has 1 fully saturated rings. The predicted octanol–water partition coefficient (Wildman–Crippen LogP) is 11.5. The van der Waals surface area contributed by atoms with Gasteiger partial charge in [-0.1, -0.05) is 137 Å². The lowest BCUT2D eigenvalue weighted by atomic mass is 9.56. The third-order valence-corrected chi connectivity index (χ3v) is 24.3. The van der Waals surface area contributed by atoms with E-state index in [1.54, 1.807) is 0 Å². The lowest BCUT2D eigenvalue weighted by molar-refractivity contribution is -0.204. The smallest absolute Gasteiger partial charge is 0.200 e. The summed E-state index contributed by atoms with van der Waals surface area (Å²) >= 11 is 0. The molecule has 0 radical (unpaired) electrons. The van der Waals surface area contributed by atoms with Gasteiger partial charge >= 0.3 is 0 Å². The van der Waals surface area contributed by atoms with E-state index < -0.39 is 50.9 Å². The molecular formula is C45H76O6Si2. The van der Waals surface area contributed by atoms with Gasteiger partial charge in [-0.3, -0.25) is 0 Å². The highest BCUT2D eigenvalue weighted by molar-refractivity contribution is 6.77. The Hall–Kier alpha value is -1.37. The molecule has 3 aliphatic rings. The zero-order valence-electron chi connectivity index (χ0n) is 36.6. The number of hydrogen-bond donors (Lipinski definition) is 1. The zero-order valence-corrected chi connectivity index (χ0v) is 38.6. The van der Waals surface area contributed by atoms with Crippen molar-refractivity contribution in [3.8, 4) is 0 Å². The first kappa shape index (κ1) is 44.3. The van der Waals surface area contributed by atoms with Crippen LogP contribution in [-0.2, 0) is 29.7 Å². The van der Waals surface area contributed by atoms with Crippen LogP contribution in [0.4, 0.5) is 0 Å². The molecule has 8 heteroatoms. The summed E-state index contributed by atoms with van der Waals surface area (Å²) in [6.07, 6.45) is 6.16. The highest BCUT2D eigenvalue weighted by Gasteiger charge is 2.64. The maximum atomic E-state index is 13.3. The fourth-order valence-electron chi connectivity index (χ4n) is 9.73. The summed E-state index contributed by atoms with van der Waals surface area (Å²) < 4.78 is 34.8. The van der Waals surface area contributed by atoms with Crippen molar-refractivity contribution in [3.63, 3.8) is 0 Å². The van der Waals surface area contributed by atoms with Gasteiger partial charge in [-0.05, 0) is 78.7 Å². The topological polar surface area (TPSA) is 66.4 Å². The molecule has 1 N–H and O–H groups in total. The van der Waals surface area contributed by atoms with E-state index in [-0.39, 0.29) is 11.1 Å². The highest BCUT2D eigenvalue weighted by atomic mass is 28.4. The summed E-state index contributed by atoms with van der Waals surface area (Å²) in [7, 11) is -4.34. The van der Waals surface area contributed by atoms with Crippen LogP contribution in [0.2, 0.25) is 34.8 Å². The minimum Gasteiger partial charge on any atom is -0.415 e. The Kier molecular flexibility index (Phi) is 13.3. The van der Waals surface area contributed by atoms with E-state index in [1.165, 1.54) is 11.1 Å². The molecule has 0 bridgehead atoms. The van der Waals surface area contributed by atoms with E-state index in [1.807, 2.05) is 19.9 Å². The first-order valence-electron chi connectivity index (χ1n) is 20.3. The van der Waals surface area contributed by atoms with Crippen LogP contribution in [0.25, 0.3) is 0 Å². The van der Waals surface area contributed by atoms with E-state index in [0.717, 1.165) is 17.6 Å². The summed E-state index contributed by atoms with van der Waals surface area (Å²) in [5.74, 6) is -1.25. The molecule has 0 saturated carbocycles. The Morgan fingerprint density at radius 2 is 1.47 bits per heavy atom. The van der Waals surface area contributed by atoms with Crippen molar-refractivity contribution in [2.45, 2.75) is 175 Å². The van der Waals surface area contributed by atoms with E-state index in [4.69, 9.17) is 23.1 Å². The largest absolute Gasteiger partial charge is 0.415 e. The third-order valence-electron chi connectivity index (χ3n) is 13.8. The maximum Gasteiger partial charge on any atom is 0.200 e. The molecule has 1 heterocycles. The zero-order chi connectivity index (χ0) is 40.0. The molecule has 1 aromatic rings. The lowest BCUT2D eigenvalue weighted by Gasteiger charge is -2.56. The summed E-state index contributed by atoms with van der Waals surface area (Å²) in [5.41, 5.74) is 3.92. The van der Waals surface area contributed by atoms with Gasteiger partial charge in [0, 0.05) is 23.4 Å². The summed E-state index contributed by atoms with van der Waals surface area (Å²) in [4.78, 5) is 0. The van der Waals surface area contributed by atoms with Gasteiger partial charge < -0.3 is 28.2 Å². The normalized spacial score (nSPS) is 28.4. The van der Waals surface area contributed by atoms with Gasteiger partial charge in [-0.15, -0.1) is 0 Å². The molecule has 4 rings (SSSR count). The van der Waals surface area contributed by atoms with E-state index in [2.05, 4.69) is 146 Å². The molecule has 1 aliphatic heterocycles. The maximum absolute atomic E-state index is 13.3. The molecule has 300 valence electrons. The summed E-state index contributed by atoms with van der Waals surface area (Å²) in [6.45, 7) is 40.3. The van der Waals surface area contributed by atoms with Gasteiger partial charge in [0.05, 0.1) is 32.0 Å². The van der Waals surface area contributed by atoms with Crippen LogP contribution in [0.1, 0.15) is 116 Å². The van der Waals surface area contributed by atoms with Crippen LogP contribution >= 0.6 is 0 Å². The monoisotopic (exact) mass is 769 g/mol. The summed E-state index contributed by atoms with van der Waals surface area (Å²) in [6, 6.07) is 10.4. The lowest BCUT2D eigenvalue weighted by Crippen LogP contribution is -2.63. The minimum atomic E-state index is -2.32. The Bertz CT molecular complexity index is 1480. The van der Waals surface area contributed by atoms with Crippen molar-refractivity contribution in [3.05, 3.63) is 70.8 Å². The fourth-order valence-corrected chi connectivity index (χ4v) is 16.2. The van der Waals surface area contributed by atoms with Gasteiger partial charge in [0.25, 0.3) is 0 Å². The van der Waals surface area contributed by atoms with Crippen molar-refractivity contribution in [1.82, 2.24) is 0 Å². The number of allylic oxidation sites excluding steroid dienone is 2. The van der Waals surface area contributed by atoms with Crippen LogP contribution in [0.3, 0.4) is 0 Å². The van der Waals surface area contributed by atoms with Crippen LogP contribution in [0.15, 0.2) is 65.3 Å². The molecule has 1 saturated heterocycles. The summed E-state index contributed by atoms with van der Waals surface area (Å²) in [5, 5.41) is 13.4. The number of rotatable bonds is 14. The van der Waals surface area contributed by atoms with Crippen LogP contribution < -0.4 is 0 Å². The Morgan fingerprint density at radius 3 is 1.98 bits per heavy atom. The van der Waals surface area contributed by atoms with Gasteiger partial charge in [-0.25, -0.2) is 0 Å². The SMILES string of the molecule is CC1=C(CO[Si](C)(C)C(C)(C)C)C(C)(C)C(C(O)C2C3(C=CC(OCc4ccccc4)C2(C)CO[Si](C(C)C)(C(C)C)C(C)C)COC(C)(C)O3)=CC1. The van der Waals surface area contributed by atoms with Crippen LogP contribution in [0.5, 0.6) is 0 Å². The third kappa shape index (κ3) is 8.65. The van der Waals surface area contributed by atoms with Crippen molar-refractivity contribution < 1.29 is 28.2 Å². The van der Waals surface area contributed by atoms with E-state index in [9.17, 15) is 5.11 Å². The number of aliphatic hydroxyl groups is 1. The quantitative estimate of drug-likeness (QED) is 0.150. The highest BCUT2D eigenvalue weighted by Crippen LogP contribution is 2.57. The van der Waals surface area contributed by atoms with E-state index in [0.29, 0.717) is 43.1 Å². The molecule has 1 aromatic carbocycles. The Morgan fingerprint density at radius 1 is 0.887 bits per heavy atom. The molecule has 0 amide bonds. The molecule has 1 spiro atoms. The van der Waals surface area contributed by atoms with E-state index >= 15 is 0 Å². The second kappa shape index (κ2) is 15.9. The average Bonchev–Trinajstić information content (AvgIpc) is 3.33. The Balaban J connectivity index is 1.86. The number of benzene rings is 1. The number of hydrogen-bond acceptors (Lipinski definition) is 6. The fraction of sp³-hybridized carbons (Fsp3) is 0.733. The average molecular weight is 769 g/mol. The second-order valence-corrected chi connectivity index (χ2v) is 30.4. The van der Waals surface area contributed by atoms with Crippen molar-refractivity contribution in [1.29, 1.82) is 0 Å². The predicted molar refractivity (Wildman–Crippen MR) is 225 cm³/mol. The Labute approximate surface area is 326 Å². The van der Waals surface area contributed by atoms with Crippen molar-refractivity contribution in [2.24, 2.45) is 16.7 Å². The second-order valence-electron chi connectivity index (χ2n) is 20.2. The van der Waals surface area contributed by atoms with Gasteiger partial charge in [-0.2, -0.15) is 0 Å². The van der Waals surface area contributed by atoms with Gasteiger partial charge in [0.2, 0.25) is 0 Å². The first-order valence-corrected chi connectivity index (χ1v) is 25.4. The van der Waals surface area contributed by atoms with Crippen LogP contribution in [-0.4, -0.2) is 65.2 Å². The number of ether oxygens (including phenoxy) is 3. The van der Waals surface area contributed by atoms with Gasteiger partial charge in [0.15, 0.2) is 22.4 Å².